The summed E-state index contributed by atoms with van der Waals surface area (Å²) < 4.78 is 0. The van der Waals surface area contributed by atoms with E-state index >= 15 is 0 Å². The number of hydrogen-bond acceptors (Lipinski definition) is 3. The minimum absolute atomic E-state index is 0.00638. The molecule has 1 aliphatic heterocycles. The van der Waals surface area contributed by atoms with Crippen molar-refractivity contribution in [2.45, 2.75) is 18.9 Å². The highest BCUT2D eigenvalue weighted by atomic mass is 35.5. The lowest BCUT2D eigenvalue weighted by atomic mass is 10.0. The highest BCUT2D eigenvalue weighted by Crippen LogP contribution is 2.30. The van der Waals surface area contributed by atoms with E-state index in [0.29, 0.717) is 21.4 Å². The molecule has 4 nitrogen and oxygen atoms in total. The van der Waals surface area contributed by atoms with Gasteiger partial charge in [-0.1, -0.05) is 53.5 Å². The Morgan fingerprint density at radius 2 is 1.76 bits per heavy atom. The van der Waals surface area contributed by atoms with E-state index in [0.717, 1.165) is 37.1 Å². The molecule has 1 N–H and O–H groups in total. The molecule has 0 radical (unpaired) electrons. The Balaban J connectivity index is 1.67. The molecule has 0 spiro atoms. The third-order valence-electron chi connectivity index (χ3n) is 5.14. The molecule has 29 heavy (non-hydrogen) atoms. The van der Waals surface area contributed by atoms with Crippen molar-refractivity contribution in [1.82, 2.24) is 10.3 Å². The maximum absolute atomic E-state index is 13.5. The summed E-state index contributed by atoms with van der Waals surface area (Å²) in [7, 11) is 0. The molecule has 1 amide bonds. The first kappa shape index (κ1) is 19.9. The molecule has 3 aromatic rings. The van der Waals surface area contributed by atoms with Crippen molar-refractivity contribution in [3.05, 3.63) is 82.5 Å². The first-order valence-corrected chi connectivity index (χ1v) is 10.4. The molecule has 0 unspecified atom stereocenters. The van der Waals surface area contributed by atoms with Crippen molar-refractivity contribution in [3.8, 4) is 11.1 Å². The third kappa shape index (κ3) is 4.30. The quantitative estimate of drug-likeness (QED) is 0.603. The topological polar surface area (TPSA) is 45.2 Å². The lowest BCUT2D eigenvalue weighted by Gasteiger charge is -2.34. The summed E-state index contributed by atoms with van der Waals surface area (Å²) in [4.78, 5) is 19.6. The zero-order chi connectivity index (χ0) is 20.2. The van der Waals surface area contributed by atoms with Crippen LogP contribution < -0.4 is 10.2 Å². The monoisotopic (exact) mass is 425 g/mol. The Morgan fingerprint density at radius 3 is 2.45 bits per heavy atom. The Morgan fingerprint density at radius 1 is 1.00 bits per heavy atom. The molecular weight excluding hydrogens is 405 g/mol. The van der Waals surface area contributed by atoms with Crippen LogP contribution in [0.2, 0.25) is 10.0 Å². The number of amides is 1. The molecular formula is C23H21Cl2N3O. The summed E-state index contributed by atoms with van der Waals surface area (Å²) in [5.41, 5.74) is 2.50. The molecule has 1 aromatic heterocycles. The number of carbonyl (C=O) groups is 1. The molecule has 1 aliphatic rings. The van der Waals surface area contributed by atoms with Crippen molar-refractivity contribution in [2.24, 2.45) is 0 Å². The predicted molar refractivity (Wildman–Crippen MR) is 119 cm³/mol. The molecule has 6 heteroatoms. The van der Waals surface area contributed by atoms with Crippen molar-refractivity contribution in [1.29, 1.82) is 0 Å². The van der Waals surface area contributed by atoms with Gasteiger partial charge in [0.15, 0.2) is 5.82 Å². The van der Waals surface area contributed by atoms with Crippen LogP contribution in [0.5, 0.6) is 0 Å². The fourth-order valence-electron chi connectivity index (χ4n) is 3.67. The second-order valence-electron chi connectivity index (χ2n) is 7.04. The van der Waals surface area contributed by atoms with Gasteiger partial charge in [0.2, 0.25) is 0 Å². The number of nitrogens with zero attached hydrogens (tertiary/aromatic N) is 2. The zero-order valence-corrected chi connectivity index (χ0v) is 17.3. The lowest BCUT2D eigenvalue weighted by Crippen LogP contribution is -2.49. The van der Waals surface area contributed by atoms with Gasteiger partial charge in [0.1, 0.15) is 0 Å². The standard InChI is InChI=1S/C23H21Cl2N3O/c24-20-7-2-1-6-19(20)16-9-11-17(12-10-16)23(29)28(18-5-3-13-26-15-18)22-21(25)8-4-14-27-22/h1-2,4,6-12,14,18,26H,3,5,13,15H2/t18-/m1/s1. The van der Waals surface area contributed by atoms with Crippen LogP contribution in [0.1, 0.15) is 23.2 Å². The Labute approximate surface area is 180 Å². The molecule has 148 valence electrons. The number of halogens is 2. The van der Waals surface area contributed by atoms with Crippen LogP contribution in [0.3, 0.4) is 0 Å². The summed E-state index contributed by atoms with van der Waals surface area (Å²) in [5.74, 6) is 0.396. The molecule has 0 aliphatic carbocycles. The average Bonchev–Trinajstić information content (AvgIpc) is 2.76. The van der Waals surface area contributed by atoms with Gasteiger partial charge in [-0.05, 0) is 55.3 Å². The van der Waals surface area contributed by atoms with Crippen LogP contribution in [0.4, 0.5) is 5.82 Å². The number of pyridine rings is 1. The fraction of sp³-hybridized carbons (Fsp3) is 0.217. The second-order valence-corrected chi connectivity index (χ2v) is 7.86. The van der Waals surface area contributed by atoms with Gasteiger partial charge in [0.05, 0.1) is 11.1 Å². The summed E-state index contributed by atoms with van der Waals surface area (Å²) in [6, 6.07) is 18.7. The molecule has 1 saturated heterocycles. The third-order valence-corrected chi connectivity index (χ3v) is 5.76. The van der Waals surface area contributed by atoms with Crippen molar-refractivity contribution in [3.63, 3.8) is 0 Å². The van der Waals surface area contributed by atoms with Gasteiger partial charge in [0, 0.05) is 28.9 Å². The molecule has 1 fully saturated rings. The van der Waals surface area contributed by atoms with E-state index in [-0.39, 0.29) is 11.9 Å². The van der Waals surface area contributed by atoms with E-state index in [1.54, 1.807) is 23.2 Å². The first-order valence-electron chi connectivity index (χ1n) is 9.65. The lowest BCUT2D eigenvalue weighted by molar-refractivity contribution is 0.0971. The molecule has 0 bridgehead atoms. The van der Waals surface area contributed by atoms with Gasteiger partial charge in [-0.25, -0.2) is 4.98 Å². The van der Waals surface area contributed by atoms with Gasteiger partial charge >= 0.3 is 0 Å². The minimum atomic E-state index is -0.106. The van der Waals surface area contributed by atoms with Crippen molar-refractivity contribution in [2.75, 3.05) is 18.0 Å². The van der Waals surface area contributed by atoms with Crippen LogP contribution in [-0.4, -0.2) is 30.0 Å². The summed E-state index contributed by atoms with van der Waals surface area (Å²) >= 11 is 12.7. The number of anilines is 1. The number of hydrogen-bond donors (Lipinski definition) is 1. The largest absolute Gasteiger partial charge is 0.315 e. The molecule has 2 heterocycles. The first-order chi connectivity index (χ1) is 14.1. The normalized spacial score (nSPS) is 16.4. The highest BCUT2D eigenvalue weighted by molar-refractivity contribution is 6.34. The number of aromatic nitrogens is 1. The fourth-order valence-corrected chi connectivity index (χ4v) is 4.13. The van der Waals surface area contributed by atoms with Crippen LogP contribution in [0.15, 0.2) is 66.9 Å². The van der Waals surface area contributed by atoms with Gasteiger partial charge < -0.3 is 5.32 Å². The van der Waals surface area contributed by atoms with Gasteiger partial charge in [0.25, 0.3) is 5.91 Å². The Bertz CT molecular complexity index is 1000. The molecule has 4 rings (SSSR count). The van der Waals surface area contributed by atoms with Crippen molar-refractivity contribution >= 4 is 34.9 Å². The van der Waals surface area contributed by atoms with Crippen LogP contribution in [0, 0.1) is 0 Å². The van der Waals surface area contributed by atoms with Gasteiger partial charge in [-0.2, -0.15) is 0 Å². The number of benzene rings is 2. The minimum Gasteiger partial charge on any atom is -0.315 e. The van der Waals surface area contributed by atoms with Gasteiger partial charge in [-0.3, -0.25) is 9.69 Å². The smallest absolute Gasteiger partial charge is 0.259 e. The summed E-state index contributed by atoms with van der Waals surface area (Å²) in [5, 5.41) is 4.52. The highest BCUT2D eigenvalue weighted by Gasteiger charge is 2.30. The average molecular weight is 426 g/mol. The zero-order valence-electron chi connectivity index (χ0n) is 15.8. The van der Waals surface area contributed by atoms with Crippen molar-refractivity contribution < 1.29 is 4.79 Å². The maximum Gasteiger partial charge on any atom is 0.259 e. The van der Waals surface area contributed by atoms with Gasteiger partial charge in [-0.15, -0.1) is 0 Å². The number of carbonyl (C=O) groups excluding carboxylic acids is 1. The van der Waals surface area contributed by atoms with E-state index in [4.69, 9.17) is 23.2 Å². The van der Waals surface area contributed by atoms with E-state index in [2.05, 4.69) is 10.3 Å². The number of piperidine rings is 1. The Kier molecular flexibility index (Phi) is 6.14. The second kappa shape index (κ2) is 8.95. The Hall–Kier alpha value is -2.40. The van der Waals surface area contributed by atoms with E-state index in [1.165, 1.54) is 0 Å². The number of nitrogens with one attached hydrogen (secondary N) is 1. The molecule has 0 saturated carbocycles. The summed E-state index contributed by atoms with van der Waals surface area (Å²) in [6.45, 7) is 1.68. The SMILES string of the molecule is O=C(c1ccc(-c2ccccc2Cl)cc1)N(c1ncccc1Cl)[C@@H]1CCCNC1. The maximum atomic E-state index is 13.5. The van der Waals surface area contributed by atoms with E-state index in [1.807, 2.05) is 48.5 Å². The van der Waals surface area contributed by atoms with Crippen LogP contribution >= 0.6 is 23.2 Å². The predicted octanol–water partition coefficient (Wildman–Crippen LogP) is 5.45. The molecule has 1 atom stereocenters. The van der Waals surface area contributed by atoms with E-state index in [9.17, 15) is 4.79 Å². The van der Waals surface area contributed by atoms with Crippen LogP contribution in [0.25, 0.3) is 11.1 Å². The van der Waals surface area contributed by atoms with E-state index < -0.39 is 0 Å². The summed E-state index contributed by atoms with van der Waals surface area (Å²) in [6.07, 6.45) is 3.58. The number of rotatable bonds is 4. The molecule has 2 aromatic carbocycles. The van der Waals surface area contributed by atoms with Crippen LogP contribution in [-0.2, 0) is 0 Å².